The van der Waals surface area contributed by atoms with Crippen LogP contribution in [-0.2, 0) is 24.2 Å². The predicted octanol–water partition coefficient (Wildman–Crippen LogP) is 4.04. The summed E-state index contributed by atoms with van der Waals surface area (Å²) in [5.74, 6) is -0.422. The molecule has 0 saturated carbocycles. The van der Waals surface area contributed by atoms with Gasteiger partial charge in [-0.25, -0.2) is 4.39 Å². The number of hydrogen-bond acceptors (Lipinski definition) is 8. The van der Waals surface area contributed by atoms with E-state index in [0.29, 0.717) is 44.7 Å². The average Bonchev–Trinajstić information content (AvgIpc) is 3.32. The molecule has 4 aliphatic heterocycles. The fourth-order valence-electron chi connectivity index (χ4n) is 8.54. The van der Waals surface area contributed by atoms with E-state index in [2.05, 4.69) is 51.6 Å². The molecular weight excluding hydrogens is 557 g/mol. The summed E-state index contributed by atoms with van der Waals surface area (Å²) in [5.41, 5.74) is 7.86. The second-order valence-corrected chi connectivity index (χ2v) is 13.2. The Bertz CT molecular complexity index is 1610. The van der Waals surface area contributed by atoms with E-state index in [0.717, 1.165) is 62.4 Å². The molecule has 228 valence electrons. The van der Waals surface area contributed by atoms with Gasteiger partial charge in [-0.3, -0.25) is 9.69 Å². The van der Waals surface area contributed by atoms with Crippen molar-refractivity contribution in [1.29, 1.82) is 5.26 Å². The summed E-state index contributed by atoms with van der Waals surface area (Å²) in [4.78, 5) is 31.2. The number of fused-ring (bicyclic) bond motifs is 5. The number of hydrogen-bond donors (Lipinski definition) is 0. The van der Waals surface area contributed by atoms with Crippen LogP contribution in [0.2, 0.25) is 0 Å². The summed E-state index contributed by atoms with van der Waals surface area (Å²) in [5, 5.41) is 9.54. The van der Waals surface area contributed by atoms with E-state index < -0.39 is 17.8 Å². The van der Waals surface area contributed by atoms with E-state index in [1.54, 1.807) is 5.57 Å². The number of amides is 1. The Labute approximate surface area is 257 Å². The lowest BCUT2D eigenvalue weighted by atomic mass is 9.95. The molecule has 1 aromatic carbocycles. The van der Waals surface area contributed by atoms with Crippen molar-refractivity contribution in [3.05, 3.63) is 64.6 Å². The molecule has 44 heavy (non-hydrogen) atoms. The van der Waals surface area contributed by atoms with Crippen molar-refractivity contribution in [2.45, 2.75) is 69.0 Å². The van der Waals surface area contributed by atoms with Gasteiger partial charge in [-0.1, -0.05) is 30.4 Å². The topological polar surface area (TPSA) is 88.8 Å². The zero-order valence-electron chi connectivity index (χ0n) is 25.1. The number of piperazine rings is 1. The van der Waals surface area contributed by atoms with Crippen LogP contribution in [0.15, 0.2) is 42.3 Å². The molecule has 3 fully saturated rings. The van der Waals surface area contributed by atoms with Crippen LogP contribution in [0.4, 0.5) is 15.9 Å². The fraction of sp³-hybridized carbons (Fsp3) is 0.529. The Morgan fingerprint density at radius 2 is 1.98 bits per heavy atom. The SMILES string of the molecule is C=C(F)C(=O)N1CCN(c2nc(OCC34CCCN3CCC4)nc3c2CCN(c2cccc4c2C2C=C2C4)C3)C[C@@H]1CC#N. The van der Waals surface area contributed by atoms with Crippen LogP contribution in [0.5, 0.6) is 6.01 Å². The first-order chi connectivity index (χ1) is 21.4. The van der Waals surface area contributed by atoms with Gasteiger partial charge in [0, 0.05) is 43.3 Å². The van der Waals surface area contributed by atoms with Gasteiger partial charge in [0.25, 0.3) is 5.91 Å². The highest BCUT2D eigenvalue weighted by Crippen LogP contribution is 2.53. The van der Waals surface area contributed by atoms with Gasteiger partial charge in [-0.05, 0) is 68.8 Å². The van der Waals surface area contributed by atoms with E-state index in [9.17, 15) is 14.4 Å². The van der Waals surface area contributed by atoms with Crippen molar-refractivity contribution in [2.75, 3.05) is 55.7 Å². The third-order valence-corrected chi connectivity index (χ3v) is 10.8. The number of anilines is 2. The molecule has 5 heterocycles. The Morgan fingerprint density at radius 1 is 1.14 bits per heavy atom. The van der Waals surface area contributed by atoms with E-state index in [4.69, 9.17) is 14.7 Å². The molecule has 0 spiro atoms. The summed E-state index contributed by atoms with van der Waals surface area (Å²) in [6.07, 6.45) is 9.00. The maximum atomic E-state index is 13.9. The summed E-state index contributed by atoms with van der Waals surface area (Å²) >= 11 is 0. The lowest BCUT2D eigenvalue weighted by Gasteiger charge is -2.42. The molecule has 8 rings (SSSR count). The Balaban J connectivity index is 1.11. The number of halogens is 1. The number of nitriles is 1. The smallest absolute Gasteiger partial charge is 0.318 e. The van der Waals surface area contributed by atoms with Crippen LogP contribution in [0.25, 0.3) is 0 Å². The van der Waals surface area contributed by atoms with Gasteiger partial charge in [-0.2, -0.15) is 15.2 Å². The van der Waals surface area contributed by atoms with Gasteiger partial charge in [-0.15, -0.1) is 0 Å². The van der Waals surface area contributed by atoms with Gasteiger partial charge in [0.1, 0.15) is 12.4 Å². The van der Waals surface area contributed by atoms with Crippen molar-refractivity contribution >= 4 is 17.4 Å². The molecule has 1 amide bonds. The number of nitrogens with zero attached hydrogens (tertiary/aromatic N) is 7. The van der Waals surface area contributed by atoms with Gasteiger partial charge in [0.2, 0.25) is 0 Å². The molecule has 9 nitrogen and oxygen atoms in total. The molecule has 2 atom stereocenters. The number of benzene rings is 1. The molecule has 0 radical (unpaired) electrons. The van der Waals surface area contributed by atoms with Crippen LogP contribution < -0.4 is 14.5 Å². The summed E-state index contributed by atoms with van der Waals surface area (Å²) in [6.45, 7) is 8.71. The average molecular weight is 596 g/mol. The molecular formula is C34H38FN7O2. The maximum absolute atomic E-state index is 13.9. The third kappa shape index (κ3) is 4.55. The second kappa shape index (κ2) is 10.6. The third-order valence-electron chi connectivity index (χ3n) is 10.8. The molecule has 0 bridgehead atoms. The Hall–Kier alpha value is -3.97. The summed E-state index contributed by atoms with van der Waals surface area (Å²) in [7, 11) is 0. The number of carbonyl (C=O) groups is 1. The lowest BCUT2D eigenvalue weighted by molar-refractivity contribution is -0.131. The minimum absolute atomic E-state index is 0.0731. The van der Waals surface area contributed by atoms with Crippen LogP contribution in [0.3, 0.4) is 0 Å². The highest BCUT2D eigenvalue weighted by Gasteiger charge is 2.45. The van der Waals surface area contributed by atoms with Gasteiger partial charge in [0.05, 0.1) is 36.3 Å². The van der Waals surface area contributed by atoms with Crippen molar-refractivity contribution in [3.63, 3.8) is 0 Å². The minimum Gasteiger partial charge on any atom is -0.461 e. The molecule has 1 unspecified atom stereocenters. The van der Waals surface area contributed by atoms with E-state index >= 15 is 0 Å². The van der Waals surface area contributed by atoms with Crippen LogP contribution >= 0.6 is 0 Å². The number of aromatic nitrogens is 2. The molecule has 10 heteroatoms. The van der Waals surface area contributed by atoms with Gasteiger partial charge < -0.3 is 19.4 Å². The standard InChI is InChI=1S/C34H38FN7O2/c1-22(35)32(43)42-16-15-40(19-25(42)7-11-36)31-26-8-14-39(29-6-2-5-23-17-24-18-27(24)30(23)29)20-28(26)37-33(38-31)44-21-34-9-3-12-41(34)13-4-10-34/h2,5-6,18,25,27H,1,3-4,7-10,12-17,19-21H2/t25-,27?/m0/s1. The number of allylic oxidation sites excluding steroid dienone is 2. The quantitative estimate of drug-likeness (QED) is 0.350. The van der Waals surface area contributed by atoms with Crippen LogP contribution in [-0.4, -0.2) is 83.1 Å². The first-order valence-electron chi connectivity index (χ1n) is 16.1. The molecule has 0 N–H and O–H groups in total. The minimum atomic E-state index is -0.996. The fourth-order valence-corrected chi connectivity index (χ4v) is 8.54. The van der Waals surface area contributed by atoms with Gasteiger partial charge in [0.15, 0.2) is 5.83 Å². The molecule has 1 aromatic heterocycles. The van der Waals surface area contributed by atoms with Crippen molar-refractivity contribution in [2.24, 2.45) is 0 Å². The first kappa shape index (κ1) is 27.6. The van der Waals surface area contributed by atoms with Crippen molar-refractivity contribution < 1.29 is 13.9 Å². The summed E-state index contributed by atoms with van der Waals surface area (Å²) in [6, 6.07) is 8.79. The molecule has 2 aromatic rings. The number of ether oxygens (including phenoxy) is 1. The van der Waals surface area contributed by atoms with Crippen LogP contribution in [0.1, 0.15) is 60.4 Å². The number of rotatable bonds is 7. The maximum Gasteiger partial charge on any atom is 0.318 e. The zero-order chi connectivity index (χ0) is 30.0. The monoisotopic (exact) mass is 595 g/mol. The normalized spacial score (nSPS) is 24.6. The lowest BCUT2D eigenvalue weighted by Crippen LogP contribution is -2.55. The predicted molar refractivity (Wildman–Crippen MR) is 164 cm³/mol. The highest BCUT2D eigenvalue weighted by molar-refractivity contribution is 5.91. The Kier molecular flexibility index (Phi) is 6.63. The molecule has 6 aliphatic rings. The zero-order valence-corrected chi connectivity index (χ0v) is 25.1. The van der Waals surface area contributed by atoms with E-state index in [1.807, 2.05) is 0 Å². The number of carbonyl (C=O) groups excluding carboxylic acids is 1. The summed E-state index contributed by atoms with van der Waals surface area (Å²) < 4.78 is 20.4. The van der Waals surface area contributed by atoms with Gasteiger partial charge >= 0.3 is 6.01 Å². The molecule has 2 aliphatic carbocycles. The largest absolute Gasteiger partial charge is 0.461 e. The van der Waals surface area contributed by atoms with Crippen molar-refractivity contribution in [3.8, 4) is 12.1 Å². The Morgan fingerprint density at radius 3 is 2.77 bits per heavy atom. The second-order valence-electron chi connectivity index (χ2n) is 13.2. The molecule has 3 saturated heterocycles. The first-order valence-corrected chi connectivity index (χ1v) is 16.1. The highest BCUT2D eigenvalue weighted by atomic mass is 19.1. The van der Waals surface area contributed by atoms with Crippen molar-refractivity contribution in [1.82, 2.24) is 19.8 Å². The van der Waals surface area contributed by atoms with E-state index in [-0.39, 0.29) is 12.0 Å². The van der Waals surface area contributed by atoms with E-state index in [1.165, 1.54) is 34.6 Å². The van der Waals surface area contributed by atoms with Crippen LogP contribution in [0, 0.1) is 11.3 Å².